The monoisotopic (exact) mass is 247 g/mol. The first kappa shape index (κ1) is 12.4. The molecule has 0 spiro atoms. The van der Waals surface area contributed by atoms with Gasteiger partial charge in [0.25, 0.3) is 5.89 Å². The van der Waals surface area contributed by atoms with Crippen molar-refractivity contribution in [2.24, 2.45) is 0 Å². The Morgan fingerprint density at radius 1 is 1.28 bits per heavy atom. The quantitative estimate of drug-likeness (QED) is 0.826. The Morgan fingerprint density at radius 3 is 2.56 bits per heavy atom. The Bertz CT molecular complexity index is 556. The summed E-state index contributed by atoms with van der Waals surface area (Å²) in [7, 11) is 1.58. The van der Waals surface area contributed by atoms with Crippen LogP contribution in [0.1, 0.15) is 26.6 Å². The van der Waals surface area contributed by atoms with Crippen molar-refractivity contribution in [3.63, 3.8) is 0 Å². The second kappa shape index (κ2) is 4.33. The average Bonchev–Trinajstić information content (AvgIpc) is 2.77. The van der Waals surface area contributed by atoms with Crippen LogP contribution in [0, 0.1) is 0 Å². The summed E-state index contributed by atoms with van der Waals surface area (Å²) < 4.78 is 10.5. The molecule has 5 nitrogen and oxygen atoms in total. The highest BCUT2D eigenvalue weighted by Gasteiger charge is 2.22. The number of hydrogen-bond donors (Lipinski definition) is 1. The summed E-state index contributed by atoms with van der Waals surface area (Å²) in [5, 5.41) is 3.99. The van der Waals surface area contributed by atoms with Crippen molar-refractivity contribution in [2.75, 3.05) is 12.8 Å². The van der Waals surface area contributed by atoms with E-state index in [4.69, 9.17) is 15.0 Å². The van der Waals surface area contributed by atoms with Gasteiger partial charge in [-0.3, -0.25) is 0 Å². The van der Waals surface area contributed by atoms with Gasteiger partial charge in [-0.05, 0) is 12.1 Å². The van der Waals surface area contributed by atoms with Gasteiger partial charge in [0.1, 0.15) is 5.75 Å². The molecule has 2 aromatic rings. The number of nitrogen functional groups attached to an aromatic ring is 1. The van der Waals surface area contributed by atoms with E-state index in [1.54, 1.807) is 19.2 Å². The number of aromatic nitrogens is 2. The Labute approximate surface area is 106 Å². The molecular formula is C13H17N3O2. The number of nitrogens with two attached hydrogens (primary N) is 1. The summed E-state index contributed by atoms with van der Waals surface area (Å²) in [6.07, 6.45) is 0. The fourth-order valence-corrected chi connectivity index (χ4v) is 1.52. The molecule has 1 aromatic carbocycles. The Morgan fingerprint density at radius 2 is 2.00 bits per heavy atom. The average molecular weight is 247 g/mol. The van der Waals surface area contributed by atoms with Crippen LogP contribution >= 0.6 is 0 Å². The van der Waals surface area contributed by atoms with E-state index in [9.17, 15) is 0 Å². The molecule has 0 atom stereocenters. The van der Waals surface area contributed by atoms with Gasteiger partial charge >= 0.3 is 0 Å². The van der Waals surface area contributed by atoms with Crippen molar-refractivity contribution >= 4 is 5.69 Å². The summed E-state index contributed by atoms with van der Waals surface area (Å²) >= 11 is 0. The van der Waals surface area contributed by atoms with Crippen molar-refractivity contribution in [3.05, 3.63) is 24.0 Å². The topological polar surface area (TPSA) is 74.2 Å². The van der Waals surface area contributed by atoms with E-state index in [0.717, 1.165) is 5.56 Å². The van der Waals surface area contributed by atoms with Gasteiger partial charge < -0.3 is 15.0 Å². The zero-order chi connectivity index (χ0) is 13.3. The van der Waals surface area contributed by atoms with Crippen LogP contribution in [-0.2, 0) is 5.41 Å². The maximum atomic E-state index is 5.71. The second-order valence-corrected chi connectivity index (χ2v) is 5.13. The molecular weight excluding hydrogens is 230 g/mol. The first-order valence-electron chi connectivity index (χ1n) is 5.70. The molecule has 2 N–H and O–H groups in total. The van der Waals surface area contributed by atoms with Crippen LogP contribution in [0.25, 0.3) is 11.5 Å². The Kier molecular flexibility index (Phi) is 2.98. The molecule has 18 heavy (non-hydrogen) atoms. The molecule has 0 saturated carbocycles. The zero-order valence-electron chi connectivity index (χ0n) is 11.0. The minimum Gasteiger partial charge on any atom is -0.496 e. The van der Waals surface area contributed by atoms with Gasteiger partial charge in [-0.1, -0.05) is 25.9 Å². The van der Waals surface area contributed by atoms with E-state index in [-0.39, 0.29) is 5.41 Å². The molecule has 0 fully saturated rings. The van der Waals surface area contributed by atoms with Gasteiger partial charge in [0.15, 0.2) is 5.82 Å². The predicted octanol–water partition coefficient (Wildman–Crippen LogP) is 2.62. The van der Waals surface area contributed by atoms with Crippen molar-refractivity contribution in [3.8, 4) is 17.2 Å². The molecule has 5 heteroatoms. The van der Waals surface area contributed by atoms with Crippen LogP contribution in [0.4, 0.5) is 5.69 Å². The fraction of sp³-hybridized carbons (Fsp3) is 0.385. The number of anilines is 1. The van der Waals surface area contributed by atoms with E-state index < -0.39 is 0 Å². The van der Waals surface area contributed by atoms with Gasteiger partial charge in [0.05, 0.1) is 12.7 Å². The lowest BCUT2D eigenvalue weighted by atomic mass is 9.96. The lowest BCUT2D eigenvalue weighted by Crippen LogP contribution is -2.13. The number of ether oxygens (including phenoxy) is 1. The van der Waals surface area contributed by atoms with Crippen LogP contribution in [0.3, 0.4) is 0 Å². The number of benzene rings is 1. The number of hydrogen-bond acceptors (Lipinski definition) is 5. The van der Waals surface area contributed by atoms with E-state index in [2.05, 4.69) is 10.1 Å². The molecule has 96 valence electrons. The summed E-state index contributed by atoms with van der Waals surface area (Å²) in [5.74, 6) is 1.73. The fourth-order valence-electron chi connectivity index (χ4n) is 1.52. The third-order valence-electron chi connectivity index (χ3n) is 2.55. The van der Waals surface area contributed by atoms with E-state index >= 15 is 0 Å². The molecule has 0 saturated heterocycles. The van der Waals surface area contributed by atoms with Gasteiger partial charge in [0, 0.05) is 17.2 Å². The standard InChI is InChI=1S/C13H17N3O2/c1-13(2,3)12-15-11(18-16-12)9-6-5-8(14)7-10(9)17-4/h5-7H,14H2,1-4H3. The van der Waals surface area contributed by atoms with Crippen molar-refractivity contribution in [1.82, 2.24) is 10.1 Å². The molecule has 0 aliphatic rings. The van der Waals surface area contributed by atoms with E-state index in [1.165, 1.54) is 0 Å². The normalized spacial score (nSPS) is 11.6. The summed E-state index contributed by atoms with van der Waals surface area (Å²) in [4.78, 5) is 4.39. The SMILES string of the molecule is COc1cc(N)ccc1-c1nc(C(C)(C)C)no1. The largest absolute Gasteiger partial charge is 0.496 e. The number of nitrogens with zero attached hydrogens (tertiary/aromatic N) is 2. The number of methoxy groups -OCH3 is 1. The minimum atomic E-state index is -0.150. The lowest BCUT2D eigenvalue weighted by Gasteiger charge is -2.11. The first-order valence-corrected chi connectivity index (χ1v) is 5.70. The van der Waals surface area contributed by atoms with Crippen LogP contribution in [0.2, 0.25) is 0 Å². The molecule has 1 aromatic heterocycles. The van der Waals surface area contributed by atoms with Gasteiger partial charge in [-0.15, -0.1) is 0 Å². The first-order chi connectivity index (χ1) is 8.41. The second-order valence-electron chi connectivity index (χ2n) is 5.13. The maximum absolute atomic E-state index is 5.71. The predicted molar refractivity (Wildman–Crippen MR) is 69.4 cm³/mol. The minimum absolute atomic E-state index is 0.150. The third-order valence-corrected chi connectivity index (χ3v) is 2.55. The molecule has 0 aliphatic carbocycles. The molecule has 0 unspecified atom stereocenters. The maximum Gasteiger partial charge on any atom is 0.261 e. The van der Waals surface area contributed by atoms with Gasteiger partial charge in [-0.2, -0.15) is 4.98 Å². The van der Waals surface area contributed by atoms with Crippen molar-refractivity contribution in [2.45, 2.75) is 26.2 Å². The number of rotatable bonds is 2. The van der Waals surface area contributed by atoms with E-state index in [1.807, 2.05) is 26.8 Å². The molecule has 0 amide bonds. The highest BCUT2D eigenvalue weighted by molar-refractivity contribution is 5.66. The third kappa shape index (κ3) is 2.30. The highest BCUT2D eigenvalue weighted by Crippen LogP contribution is 2.31. The van der Waals surface area contributed by atoms with E-state index in [0.29, 0.717) is 23.2 Å². The molecule has 2 rings (SSSR count). The van der Waals surface area contributed by atoms with Crippen molar-refractivity contribution in [1.29, 1.82) is 0 Å². The van der Waals surface area contributed by atoms with Crippen molar-refractivity contribution < 1.29 is 9.26 Å². The van der Waals surface area contributed by atoms with Crippen LogP contribution in [0.15, 0.2) is 22.7 Å². The lowest BCUT2D eigenvalue weighted by molar-refractivity contribution is 0.393. The summed E-state index contributed by atoms with van der Waals surface area (Å²) in [5.41, 5.74) is 6.93. The molecule has 1 heterocycles. The Hall–Kier alpha value is -2.04. The molecule has 0 bridgehead atoms. The van der Waals surface area contributed by atoms with Crippen LogP contribution in [-0.4, -0.2) is 17.3 Å². The summed E-state index contributed by atoms with van der Waals surface area (Å²) in [6.45, 7) is 6.09. The highest BCUT2D eigenvalue weighted by atomic mass is 16.5. The molecule has 0 radical (unpaired) electrons. The molecule has 0 aliphatic heterocycles. The summed E-state index contributed by atoms with van der Waals surface area (Å²) in [6, 6.07) is 5.32. The van der Waals surface area contributed by atoms with Gasteiger partial charge in [0.2, 0.25) is 0 Å². The van der Waals surface area contributed by atoms with Gasteiger partial charge in [-0.25, -0.2) is 0 Å². The zero-order valence-corrected chi connectivity index (χ0v) is 11.0. The van der Waals surface area contributed by atoms with Crippen LogP contribution in [0.5, 0.6) is 5.75 Å². The Balaban J connectivity index is 2.46. The smallest absolute Gasteiger partial charge is 0.261 e. The van der Waals surface area contributed by atoms with Crippen LogP contribution < -0.4 is 10.5 Å².